The maximum atomic E-state index is 11.7. The number of aromatic nitrogens is 2. The molecule has 2 atom stereocenters. The van der Waals surface area contributed by atoms with E-state index in [2.05, 4.69) is 10.4 Å². The van der Waals surface area contributed by atoms with Crippen molar-refractivity contribution in [2.75, 3.05) is 0 Å². The van der Waals surface area contributed by atoms with Crippen LogP contribution in [0.1, 0.15) is 51.3 Å². The first-order valence-electron chi connectivity index (χ1n) is 7.06. The first kappa shape index (κ1) is 15.3. The molecule has 0 aliphatic heterocycles. The molecule has 5 nitrogen and oxygen atoms in total. The highest BCUT2D eigenvalue weighted by molar-refractivity contribution is 6.31. The molecule has 112 valence electrons. The third-order valence-electron chi connectivity index (χ3n) is 3.93. The number of carboxylic acid groups (broad SMARTS) is 1. The largest absolute Gasteiger partial charge is 0.480 e. The summed E-state index contributed by atoms with van der Waals surface area (Å²) in [6.07, 6.45) is 4.80. The molecule has 0 aromatic carbocycles. The fraction of sp³-hybridized carbons (Fsp3) is 0.714. The van der Waals surface area contributed by atoms with Crippen LogP contribution < -0.4 is 5.32 Å². The van der Waals surface area contributed by atoms with E-state index in [9.17, 15) is 9.90 Å². The predicted octanol–water partition coefficient (Wildman–Crippen LogP) is 2.78. The lowest BCUT2D eigenvalue weighted by molar-refractivity contribution is -0.147. The SMILES string of the molecule is Cc1nn(C2CCCC(NC(C)C)(C(=O)O)C2)cc1Cl. The molecule has 2 rings (SSSR count). The summed E-state index contributed by atoms with van der Waals surface area (Å²) in [5, 5.41) is 17.9. The molecule has 0 amide bonds. The van der Waals surface area contributed by atoms with Gasteiger partial charge in [0.25, 0.3) is 0 Å². The van der Waals surface area contributed by atoms with Crippen LogP contribution in [0.25, 0.3) is 0 Å². The van der Waals surface area contributed by atoms with Crippen LogP contribution in [0.3, 0.4) is 0 Å². The van der Waals surface area contributed by atoms with Gasteiger partial charge in [0.2, 0.25) is 0 Å². The summed E-state index contributed by atoms with van der Waals surface area (Å²) in [7, 11) is 0. The average Bonchev–Trinajstić information content (AvgIpc) is 2.69. The van der Waals surface area contributed by atoms with Crippen LogP contribution >= 0.6 is 11.6 Å². The van der Waals surface area contributed by atoms with Crippen LogP contribution in [-0.4, -0.2) is 32.4 Å². The molecule has 1 fully saturated rings. The quantitative estimate of drug-likeness (QED) is 0.897. The van der Waals surface area contributed by atoms with E-state index in [1.165, 1.54) is 0 Å². The first-order chi connectivity index (χ1) is 9.34. The van der Waals surface area contributed by atoms with Gasteiger partial charge in [0, 0.05) is 12.2 Å². The summed E-state index contributed by atoms with van der Waals surface area (Å²) >= 11 is 6.05. The Kier molecular flexibility index (Phi) is 4.39. The van der Waals surface area contributed by atoms with E-state index >= 15 is 0 Å². The standard InChI is InChI=1S/C14H22ClN3O2/c1-9(2)16-14(13(19)20)6-4-5-11(7-14)18-8-12(15)10(3)17-18/h8-9,11,16H,4-7H2,1-3H3,(H,19,20). The molecule has 1 aliphatic carbocycles. The number of hydrogen-bond acceptors (Lipinski definition) is 3. The smallest absolute Gasteiger partial charge is 0.323 e. The van der Waals surface area contributed by atoms with Crippen molar-refractivity contribution >= 4 is 17.6 Å². The van der Waals surface area contributed by atoms with E-state index in [1.807, 2.05) is 25.5 Å². The molecule has 2 N–H and O–H groups in total. The van der Waals surface area contributed by atoms with Gasteiger partial charge in [-0.15, -0.1) is 0 Å². The highest BCUT2D eigenvalue weighted by Crippen LogP contribution is 2.36. The third kappa shape index (κ3) is 2.99. The van der Waals surface area contributed by atoms with Gasteiger partial charge in [0.05, 0.1) is 16.8 Å². The summed E-state index contributed by atoms with van der Waals surface area (Å²) < 4.78 is 1.83. The Balaban J connectivity index is 2.23. The highest BCUT2D eigenvalue weighted by Gasteiger charge is 2.43. The number of aliphatic carboxylic acids is 1. The van der Waals surface area contributed by atoms with Gasteiger partial charge in [-0.05, 0) is 46.5 Å². The number of nitrogens with one attached hydrogen (secondary N) is 1. The monoisotopic (exact) mass is 299 g/mol. The van der Waals surface area contributed by atoms with Crippen molar-refractivity contribution in [3.8, 4) is 0 Å². The molecule has 0 radical (unpaired) electrons. The first-order valence-corrected chi connectivity index (χ1v) is 7.44. The molecule has 1 aromatic rings. The van der Waals surface area contributed by atoms with Gasteiger partial charge < -0.3 is 5.11 Å². The number of carbonyl (C=O) groups is 1. The zero-order valence-corrected chi connectivity index (χ0v) is 12.9. The topological polar surface area (TPSA) is 67.2 Å². The molecule has 1 saturated carbocycles. The van der Waals surface area contributed by atoms with Crippen molar-refractivity contribution in [1.82, 2.24) is 15.1 Å². The molecule has 20 heavy (non-hydrogen) atoms. The fourth-order valence-corrected chi connectivity index (χ4v) is 3.20. The van der Waals surface area contributed by atoms with Crippen molar-refractivity contribution in [3.63, 3.8) is 0 Å². The van der Waals surface area contributed by atoms with Gasteiger partial charge in [-0.1, -0.05) is 11.6 Å². The summed E-state index contributed by atoms with van der Waals surface area (Å²) in [6.45, 7) is 5.81. The summed E-state index contributed by atoms with van der Waals surface area (Å²) in [6, 6.07) is 0.213. The van der Waals surface area contributed by atoms with Crippen molar-refractivity contribution in [1.29, 1.82) is 0 Å². The lowest BCUT2D eigenvalue weighted by Gasteiger charge is -2.39. The predicted molar refractivity (Wildman–Crippen MR) is 78.1 cm³/mol. The number of nitrogens with zero attached hydrogens (tertiary/aromatic N) is 2. The summed E-state index contributed by atoms with van der Waals surface area (Å²) in [5.41, 5.74) is -0.0707. The number of carboxylic acids is 1. The van der Waals surface area contributed by atoms with Crippen molar-refractivity contribution < 1.29 is 9.90 Å². The number of halogens is 1. The van der Waals surface area contributed by atoms with Crippen molar-refractivity contribution in [2.45, 2.75) is 64.1 Å². The molecule has 6 heteroatoms. The average molecular weight is 300 g/mol. The number of aryl methyl sites for hydroxylation is 1. The Hall–Kier alpha value is -1.07. The Morgan fingerprint density at radius 2 is 2.35 bits per heavy atom. The van der Waals surface area contributed by atoms with Gasteiger partial charge in [0.15, 0.2) is 0 Å². The minimum atomic E-state index is -0.858. The van der Waals surface area contributed by atoms with Crippen LogP contribution in [0.15, 0.2) is 6.20 Å². The Labute approximate surface area is 124 Å². The minimum Gasteiger partial charge on any atom is -0.480 e. The number of rotatable bonds is 4. The van der Waals surface area contributed by atoms with E-state index in [4.69, 9.17) is 11.6 Å². The van der Waals surface area contributed by atoms with E-state index in [0.717, 1.165) is 18.5 Å². The molecule has 1 aromatic heterocycles. The van der Waals surface area contributed by atoms with Gasteiger partial charge in [-0.3, -0.25) is 14.8 Å². The molecule has 0 spiro atoms. The maximum absolute atomic E-state index is 11.7. The zero-order valence-electron chi connectivity index (χ0n) is 12.2. The fourth-order valence-electron chi connectivity index (χ4n) is 3.06. The van der Waals surface area contributed by atoms with E-state index < -0.39 is 11.5 Å². The van der Waals surface area contributed by atoms with E-state index in [1.54, 1.807) is 6.20 Å². The lowest BCUT2D eigenvalue weighted by atomic mass is 9.78. The van der Waals surface area contributed by atoms with Crippen LogP contribution in [0.2, 0.25) is 5.02 Å². The Morgan fingerprint density at radius 3 is 2.85 bits per heavy atom. The highest BCUT2D eigenvalue weighted by atomic mass is 35.5. The van der Waals surface area contributed by atoms with Crippen molar-refractivity contribution in [3.05, 3.63) is 16.9 Å². The molecule has 2 unspecified atom stereocenters. The second-order valence-electron chi connectivity index (χ2n) is 5.98. The second kappa shape index (κ2) is 5.74. The van der Waals surface area contributed by atoms with Crippen LogP contribution in [0.5, 0.6) is 0 Å². The van der Waals surface area contributed by atoms with Crippen LogP contribution in [0.4, 0.5) is 0 Å². The third-order valence-corrected chi connectivity index (χ3v) is 4.30. The lowest BCUT2D eigenvalue weighted by Crippen LogP contribution is -2.57. The van der Waals surface area contributed by atoms with Gasteiger partial charge in [-0.2, -0.15) is 5.10 Å². The van der Waals surface area contributed by atoms with Gasteiger partial charge in [-0.25, -0.2) is 0 Å². The molecule has 1 aliphatic rings. The van der Waals surface area contributed by atoms with E-state index in [0.29, 0.717) is 17.9 Å². The second-order valence-corrected chi connectivity index (χ2v) is 6.39. The normalized spacial score (nSPS) is 26.9. The molecular weight excluding hydrogens is 278 g/mol. The molecule has 0 saturated heterocycles. The maximum Gasteiger partial charge on any atom is 0.323 e. The van der Waals surface area contributed by atoms with Gasteiger partial charge >= 0.3 is 5.97 Å². The van der Waals surface area contributed by atoms with E-state index in [-0.39, 0.29) is 12.1 Å². The number of hydrogen-bond donors (Lipinski definition) is 2. The van der Waals surface area contributed by atoms with Crippen LogP contribution in [0, 0.1) is 6.92 Å². The molecule has 1 heterocycles. The van der Waals surface area contributed by atoms with Gasteiger partial charge in [0.1, 0.15) is 5.54 Å². The summed E-state index contributed by atoms with van der Waals surface area (Å²) in [5.74, 6) is -0.772. The van der Waals surface area contributed by atoms with Crippen molar-refractivity contribution in [2.24, 2.45) is 0 Å². The molecular formula is C14H22ClN3O2. The zero-order chi connectivity index (χ0) is 14.9. The summed E-state index contributed by atoms with van der Waals surface area (Å²) in [4.78, 5) is 11.7. The Morgan fingerprint density at radius 1 is 1.65 bits per heavy atom. The Bertz CT molecular complexity index is 481. The minimum absolute atomic E-state index is 0.0808. The molecule has 0 bridgehead atoms. The van der Waals surface area contributed by atoms with Crippen LogP contribution in [-0.2, 0) is 4.79 Å².